The summed E-state index contributed by atoms with van der Waals surface area (Å²) in [4.78, 5) is 9.36. The average molecular weight is 286 g/mol. The van der Waals surface area contributed by atoms with Gasteiger partial charge in [-0.2, -0.15) is 5.10 Å². The van der Waals surface area contributed by atoms with Crippen LogP contribution in [0, 0.1) is 6.92 Å². The molecule has 2 aromatic rings. The standard InChI is InChI=1S/C15H22N6/c1-4-16-13-10(2)14(19-15(18-13)11-5-6-11)17-9-12-7-8-21(3)20-12/h7-8,11H,4-6,9H2,1-3H3,(H2,16,17,18,19). The van der Waals surface area contributed by atoms with Gasteiger partial charge >= 0.3 is 0 Å². The minimum Gasteiger partial charge on any atom is -0.370 e. The summed E-state index contributed by atoms with van der Waals surface area (Å²) in [6.07, 6.45) is 4.35. The van der Waals surface area contributed by atoms with Gasteiger partial charge in [0.05, 0.1) is 12.2 Å². The fraction of sp³-hybridized carbons (Fsp3) is 0.533. The van der Waals surface area contributed by atoms with Gasteiger partial charge in [-0.3, -0.25) is 4.68 Å². The summed E-state index contributed by atoms with van der Waals surface area (Å²) in [5.41, 5.74) is 2.07. The highest BCUT2D eigenvalue weighted by Crippen LogP contribution is 2.39. The van der Waals surface area contributed by atoms with Crippen LogP contribution < -0.4 is 10.6 Å². The van der Waals surface area contributed by atoms with Gasteiger partial charge in [-0.15, -0.1) is 0 Å². The van der Waals surface area contributed by atoms with Crippen LogP contribution >= 0.6 is 0 Å². The molecular formula is C15H22N6. The van der Waals surface area contributed by atoms with E-state index in [0.29, 0.717) is 12.5 Å². The zero-order chi connectivity index (χ0) is 14.8. The number of aryl methyl sites for hydroxylation is 1. The second-order valence-electron chi connectivity index (χ2n) is 5.54. The number of rotatable bonds is 6. The van der Waals surface area contributed by atoms with E-state index in [1.54, 1.807) is 0 Å². The van der Waals surface area contributed by atoms with Gasteiger partial charge in [-0.1, -0.05) is 0 Å². The first-order valence-electron chi connectivity index (χ1n) is 7.52. The van der Waals surface area contributed by atoms with Crippen molar-refractivity contribution in [1.29, 1.82) is 0 Å². The highest BCUT2D eigenvalue weighted by Gasteiger charge is 2.28. The van der Waals surface area contributed by atoms with Crippen LogP contribution in [0.2, 0.25) is 0 Å². The average Bonchev–Trinajstić information content (AvgIpc) is 3.23. The molecule has 0 aliphatic heterocycles. The molecule has 3 rings (SSSR count). The Morgan fingerprint density at radius 1 is 1.24 bits per heavy atom. The molecule has 0 saturated heterocycles. The van der Waals surface area contributed by atoms with Gasteiger partial charge in [-0.25, -0.2) is 9.97 Å². The number of nitrogens with one attached hydrogen (secondary N) is 2. The van der Waals surface area contributed by atoms with Crippen molar-refractivity contribution in [2.45, 2.75) is 39.2 Å². The Bertz CT molecular complexity index is 629. The molecule has 1 aliphatic carbocycles. The van der Waals surface area contributed by atoms with Crippen LogP contribution in [-0.4, -0.2) is 26.3 Å². The molecule has 2 N–H and O–H groups in total. The predicted molar refractivity (Wildman–Crippen MR) is 83.4 cm³/mol. The molecule has 0 bridgehead atoms. The third-order valence-corrected chi connectivity index (χ3v) is 3.66. The maximum atomic E-state index is 4.70. The van der Waals surface area contributed by atoms with Gasteiger partial charge in [0.25, 0.3) is 0 Å². The van der Waals surface area contributed by atoms with Gasteiger partial charge in [0, 0.05) is 31.3 Å². The minimum absolute atomic E-state index is 0.540. The Balaban J connectivity index is 1.81. The van der Waals surface area contributed by atoms with E-state index < -0.39 is 0 Å². The van der Waals surface area contributed by atoms with Crippen LogP contribution in [0.3, 0.4) is 0 Å². The molecule has 6 nitrogen and oxygen atoms in total. The van der Waals surface area contributed by atoms with E-state index in [-0.39, 0.29) is 0 Å². The van der Waals surface area contributed by atoms with E-state index in [9.17, 15) is 0 Å². The van der Waals surface area contributed by atoms with E-state index in [2.05, 4.69) is 34.6 Å². The van der Waals surface area contributed by atoms with Gasteiger partial charge in [-0.05, 0) is 32.8 Å². The van der Waals surface area contributed by atoms with Crippen molar-refractivity contribution in [2.24, 2.45) is 7.05 Å². The fourth-order valence-corrected chi connectivity index (χ4v) is 2.30. The Hall–Kier alpha value is -2.11. The SMILES string of the molecule is CCNc1nc(C2CC2)nc(NCc2ccn(C)n2)c1C. The van der Waals surface area contributed by atoms with E-state index in [0.717, 1.165) is 35.3 Å². The predicted octanol–water partition coefficient (Wildman–Crippen LogP) is 2.44. The quantitative estimate of drug-likeness (QED) is 0.853. The van der Waals surface area contributed by atoms with Crippen LogP contribution in [0.15, 0.2) is 12.3 Å². The summed E-state index contributed by atoms with van der Waals surface area (Å²) in [6.45, 7) is 5.67. The number of hydrogen-bond donors (Lipinski definition) is 2. The number of aromatic nitrogens is 4. The molecule has 112 valence electrons. The van der Waals surface area contributed by atoms with Crippen molar-refractivity contribution in [1.82, 2.24) is 19.7 Å². The molecule has 0 atom stereocenters. The maximum Gasteiger partial charge on any atom is 0.136 e. The summed E-state index contributed by atoms with van der Waals surface area (Å²) >= 11 is 0. The normalized spacial score (nSPS) is 14.2. The maximum absolute atomic E-state index is 4.70. The lowest BCUT2D eigenvalue weighted by Crippen LogP contribution is -2.11. The van der Waals surface area contributed by atoms with Crippen LogP contribution in [0.25, 0.3) is 0 Å². The summed E-state index contributed by atoms with van der Waals surface area (Å²) in [6, 6.07) is 2.01. The molecule has 0 radical (unpaired) electrons. The Kier molecular flexibility index (Phi) is 3.77. The van der Waals surface area contributed by atoms with Crippen molar-refractivity contribution in [3.8, 4) is 0 Å². The highest BCUT2D eigenvalue weighted by molar-refractivity contribution is 5.57. The van der Waals surface area contributed by atoms with E-state index in [1.807, 2.05) is 24.0 Å². The largest absolute Gasteiger partial charge is 0.370 e. The minimum atomic E-state index is 0.540. The number of anilines is 2. The summed E-state index contributed by atoms with van der Waals surface area (Å²) in [5, 5.41) is 11.1. The summed E-state index contributed by atoms with van der Waals surface area (Å²) in [7, 11) is 1.92. The molecule has 0 aromatic carbocycles. The lowest BCUT2D eigenvalue weighted by Gasteiger charge is -2.14. The first kappa shape index (κ1) is 13.9. The molecule has 0 spiro atoms. The van der Waals surface area contributed by atoms with Gasteiger partial charge in [0.15, 0.2) is 0 Å². The van der Waals surface area contributed by atoms with E-state index in [1.165, 1.54) is 12.8 Å². The van der Waals surface area contributed by atoms with Gasteiger partial charge < -0.3 is 10.6 Å². The molecule has 2 heterocycles. The molecule has 21 heavy (non-hydrogen) atoms. The lowest BCUT2D eigenvalue weighted by atomic mass is 10.2. The Morgan fingerprint density at radius 2 is 1.95 bits per heavy atom. The first-order valence-corrected chi connectivity index (χ1v) is 7.52. The Morgan fingerprint density at radius 3 is 2.52 bits per heavy atom. The molecule has 0 unspecified atom stereocenters. The zero-order valence-electron chi connectivity index (χ0n) is 12.8. The summed E-state index contributed by atoms with van der Waals surface area (Å²) < 4.78 is 1.81. The van der Waals surface area contributed by atoms with Crippen LogP contribution in [0.5, 0.6) is 0 Å². The second kappa shape index (κ2) is 5.71. The van der Waals surface area contributed by atoms with E-state index in [4.69, 9.17) is 4.98 Å². The third-order valence-electron chi connectivity index (χ3n) is 3.66. The highest BCUT2D eigenvalue weighted by atomic mass is 15.3. The summed E-state index contributed by atoms with van der Waals surface area (Å²) in [5.74, 6) is 3.35. The van der Waals surface area contributed by atoms with Gasteiger partial charge in [0.1, 0.15) is 17.5 Å². The molecule has 0 amide bonds. The van der Waals surface area contributed by atoms with Gasteiger partial charge in [0.2, 0.25) is 0 Å². The Labute approximate surface area is 125 Å². The second-order valence-corrected chi connectivity index (χ2v) is 5.54. The van der Waals surface area contributed by atoms with Crippen LogP contribution in [-0.2, 0) is 13.6 Å². The lowest BCUT2D eigenvalue weighted by molar-refractivity contribution is 0.746. The zero-order valence-corrected chi connectivity index (χ0v) is 12.8. The smallest absolute Gasteiger partial charge is 0.136 e. The molecule has 6 heteroatoms. The van der Waals surface area contributed by atoms with Crippen LogP contribution in [0.4, 0.5) is 11.6 Å². The van der Waals surface area contributed by atoms with Crippen molar-refractivity contribution in [2.75, 3.05) is 17.2 Å². The molecule has 2 aromatic heterocycles. The molecular weight excluding hydrogens is 264 g/mol. The third kappa shape index (κ3) is 3.15. The fourth-order valence-electron chi connectivity index (χ4n) is 2.30. The monoisotopic (exact) mass is 286 g/mol. The van der Waals surface area contributed by atoms with Crippen molar-refractivity contribution in [3.05, 3.63) is 29.3 Å². The van der Waals surface area contributed by atoms with Crippen molar-refractivity contribution >= 4 is 11.6 Å². The van der Waals surface area contributed by atoms with Crippen molar-refractivity contribution < 1.29 is 0 Å². The van der Waals surface area contributed by atoms with Crippen LogP contribution in [0.1, 0.15) is 42.8 Å². The van der Waals surface area contributed by atoms with E-state index >= 15 is 0 Å². The molecule has 1 aliphatic rings. The number of hydrogen-bond acceptors (Lipinski definition) is 5. The topological polar surface area (TPSA) is 67.7 Å². The first-order chi connectivity index (χ1) is 10.2. The molecule has 1 fully saturated rings. The number of nitrogens with zero attached hydrogens (tertiary/aromatic N) is 4. The van der Waals surface area contributed by atoms with Crippen molar-refractivity contribution in [3.63, 3.8) is 0 Å². The molecule has 1 saturated carbocycles.